The van der Waals surface area contributed by atoms with E-state index in [9.17, 15) is 9.59 Å². The van der Waals surface area contributed by atoms with Crippen LogP contribution >= 0.6 is 11.6 Å². The molecule has 0 spiro atoms. The Hall–Kier alpha value is -2.86. The second kappa shape index (κ2) is 10.6. The zero-order valence-corrected chi connectivity index (χ0v) is 21.7. The Labute approximate surface area is 206 Å². The Kier molecular flexibility index (Phi) is 8.03. The number of hydrogen-bond acceptors (Lipinski definition) is 3. The van der Waals surface area contributed by atoms with E-state index < -0.39 is 11.6 Å². The van der Waals surface area contributed by atoms with Gasteiger partial charge in [-0.1, -0.05) is 50.6 Å². The monoisotopic (exact) mass is 482 g/mol. The number of nitrogens with one attached hydrogen (secondary N) is 1. The summed E-state index contributed by atoms with van der Waals surface area (Å²) in [5, 5.41) is 4.15. The molecule has 1 N–H and O–H groups in total. The van der Waals surface area contributed by atoms with Crippen LogP contribution in [0.2, 0.25) is 5.02 Å². The summed E-state index contributed by atoms with van der Waals surface area (Å²) in [5.74, 6) is 0.948. The molecular weight excluding hydrogens is 448 g/mol. The zero-order chi connectivity index (χ0) is 25.0. The summed E-state index contributed by atoms with van der Waals surface area (Å²) in [4.78, 5) is 34.0. The summed E-state index contributed by atoms with van der Waals surface area (Å²) < 4.78 is 1.61. The van der Waals surface area contributed by atoms with E-state index in [2.05, 4.69) is 19.2 Å². The highest BCUT2D eigenvalue weighted by molar-refractivity contribution is 6.30. The van der Waals surface area contributed by atoms with E-state index >= 15 is 0 Å². The molecule has 7 heteroatoms. The van der Waals surface area contributed by atoms with Crippen LogP contribution in [0.3, 0.4) is 0 Å². The van der Waals surface area contributed by atoms with Crippen LogP contribution in [0.25, 0.3) is 16.6 Å². The Morgan fingerprint density at radius 2 is 1.85 bits per heavy atom. The molecule has 2 aromatic carbocycles. The first-order valence-corrected chi connectivity index (χ1v) is 12.3. The molecule has 1 heterocycles. The molecule has 1 aromatic heterocycles. The van der Waals surface area contributed by atoms with Crippen molar-refractivity contribution < 1.29 is 4.79 Å². The van der Waals surface area contributed by atoms with E-state index in [1.54, 1.807) is 22.8 Å². The van der Waals surface area contributed by atoms with Gasteiger partial charge in [0.1, 0.15) is 5.82 Å². The highest BCUT2D eigenvalue weighted by Crippen LogP contribution is 2.28. The molecule has 0 fully saturated rings. The molecule has 2 amide bonds. The first-order chi connectivity index (χ1) is 16.0. The Morgan fingerprint density at radius 3 is 2.47 bits per heavy atom. The van der Waals surface area contributed by atoms with Crippen LogP contribution in [-0.4, -0.2) is 32.6 Å². The predicted molar refractivity (Wildman–Crippen MR) is 140 cm³/mol. The van der Waals surface area contributed by atoms with Gasteiger partial charge in [0.15, 0.2) is 0 Å². The number of para-hydroxylation sites is 1. The van der Waals surface area contributed by atoms with Crippen molar-refractivity contribution in [2.24, 2.45) is 5.92 Å². The van der Waals surface area contributed by atoms with Gasteiger partial charge in [-0.05, 0) is 69.9 Å². The van der Waals surface area contributed by atoms with Crippen LogP contribution in [-0.2, 0) is 0 Å². The number of hydrogen-bond donors (Lipinski definition) is 1. The minimum absolute atomic E-state index is 0.167. The summed E-state index contributed by atoms with van der Waals surface area (Å²) in [6.07, 6.45) is 1.43. The second-order valence-corrected chi connectivity index (χ2v) is 10.5. The van der Waals surface area contributed by atoms with Gasteiger partial charge in [-0.25, -0.2) is 9.78 Å². The smallest absolute Gasteiger partial charge is 0.318 e. The molecule has 3 aromatic rings. The predicted octanol–water partition coefficient (Wildman–Crippen LogP) is 6.35. The van der Waals surface area contributed by atoms with E-state index in [0.29, 0.717) is 46.3 Å². The average Bonchev–Trinajstić information content (AvgIpc) is 2.75. The lowest BCUT2D eigenvalue weighted by molar-refractivity contribution is 0.156. The molecule has 0 radical (unpaired) electrons. The van der Waals surface area contributed by atoms with E-state index in [0.717, 1.165) is 6.42 Å². The number of amides is 2. The number of urea groups is 1. The molecular formula is C27H35ClN4O2. The SMILES string of the molecule is CCC(c1nc2ccccc2c(=O)n1-c1cccc(Cl)c1)N(CCC(C)C)C(=O)NC(C)(C)C. The van der Waals surface area contributed by atoms with Crippen LogP contribution in [0.15, 0.2) is 53.3 Å². The molecule has 1 atom stereocenters. The fraction of sp³-hybridized carbons (Fsp3) is 0.444. The maximum atomic E-state index is 13.7. The van der Waals surface area contributed by atoms with Crippen LogP contribution in [0, 0.1) is 5.92 Å². The third kappa shape index (κ3) is 5.98. The summed E-state index contributed by atoms with van der Waals surface area (Å²) in [6, 6.07) is 13.9. The molecule has 34 heavy (non-hydrogen) atoms. The van der Waals surface area contributed by atoms with Crippen molar-refractivity contribution in [1.82, 2.24) is 19.8 Å². The number of benzene rings is 2. The lowest BCUT2D eigenvalue weighted by atomic mass is 10.1. The fourth-order valence-corrected chi connectivity index (χ4v) is 4.15. The number of aromatic nitrogens is 2. The maximum Gasteiger partial charge on any atom is 0.318 e. The lowest BCUT2D eigenvalue weighted by Gasteiger charge is -2.35. The van der Waals surface area contributed by atoms with E-state index in [-0.39, 0.29) is 11.6 Å². The summed E-state index contributed by atoms with van der Waals surface area (Å²) in [5.41, 5.74) is 0.666. The van der Waals surface area contributed by atoms with Crippen molar-refractivity contribution in [3.05, 3.63) is 69.7 Å². The number of rotatable bonds is 7. The van der Waals surface area contributed by atoms with Crippen molar-refractivity contribution in [3.63, 3.8) is 0 Å². The molecule has 3 rings (SSSR count). The summed E-state index contributed by atoms with van der Waals surface area (Å²) in [6.45, 7) is 12.7. The van der Waals surface area contributed by atoms with Gasteiger partial charge in [-0.3, -0.25) is 9.36 Å². The van der Waals surface area contributed by atoms with Crippen molar-refractivity contribution >= 4 is 28.5 Å². The third-order valence-corrected chi connectivity index (χ3v) is 5.85. The molecule has 0 saturated heterocycles. The Morgan fingerprint density at radius 1 is 1.15 bits per heavy atom. The number of nitrogens with zero attached hydrogens (tertiary/aromatic N) is 3. The van der Waals surface area contributed by atoms with Crippen LogP contribution < -0.4 is 10.9 Å². The quantitative estimate of drug-likeness (QED) is 0.426. The van der Waals surface area contributed by atoms with Crippen LogP contribution in [0.1, 0.15) is 66.3 Å². The van der Waals surface area contributed by atoms with Gasteiger partial charge in [0.05, 0.1) is 22.6 Å². The lowest BCUT2D eigenvalue weighted by Crippen LogP contribution is -2.50. The Bertz CT molecular complexity index is 1210. The zero-order valence-electron chi connectivity index (χ0n) is 20.9. The maximum absolute atomic E-state index is 13.7. The molecule has 0 aliphatic carbocycles. The standard InChI is InChI=1S/C27H35ClN4O2/c1-7-23(31(16-15-18(2)3)26(34)30-27(4,5)6)24-29-22-14-9-8-13-21(22)25(33)32(24)20-12-10-11-19(28)17-20/h8-14,17-18,23H,7,15-16H2,1-6H3,(H,30,34). The highest BCUT2D eigenvalue weighted by Gasteiger charge is 2.30. The number of halogens is 1. The number of fused-ring (bicyclic) bond motifs is 1. The number of carbonyl (C=O) groups is 1. The minimum atomic E-state index is -0.405. The topological polar surface area (TPSA) is 67.2 Å². The fourth-order valence-electron chi connectivity index (χ4n) is 3.97. The third-order valence-electron chi connectivity index (χ3n) is 5.62. The molecule has 0 aliphatic rings. The van der Waals surface area contributed by atoms with Gasteiger partial charge in [0.2, 0.25) is 0 Å². The summed E-state index contributed by atoms with van der Waals surface area (Å²) >= 11 is 6.29. The molecule has 1 unspecified atom stereocenters. The molecule has 0 saturated carbocycles. The second-order valence-electron chi connectivity index (χ2n) is 10.1. The average molecular weight is 483 g/mol. The first-order valence-electron chi connectivity index (χ1n) is 11.9. The Balaban J connectivity index is 2.25. The van der Waals surface area contributed by atoms with Gasteiger partial charge in [0.25, 0.3) is 5.56 Å². The van der Waals surface area contributed by atoms with E-state index in [4.69, 9.17) is 16.6 Å². The summed E-state index contributed by atoms with van der Waals surface area (Å²) in [7, 11) is 0. The molecule has 0 aliphatic heterocycles. The minimum Gasteiger partial charge on any atom is -0.333 e. The van der Waals surface area contributed by atoms with Crippen molar-refractivity contribution in [2.45, 2.75) is 66.0 Å². The largest absolute Gasteiger partial charge is 0.333 e. The van der Waals surface area contributed by atoms with E-state index in [1.807, 2.05) is 62.9 Å². The van der Waals surface area contributed by atoms with Crippen molar-refractivity contribution in [1.29, 1.82) is 0 Å². The van der Waals surface area contributed by atoms with Crippen LogP contribution in [0.4, 0.5) is 4.79 Å². The number of carbonyl (C=O) groups excluding carboxylic acids is 1. The van der Waals surface area contributed by atoms with Crippen LogP contribution in [0.5, 0.6) is 0 Å². The first kappa shape index (κ1) is 25.8. The normalized spacial score (nSPS) is 12.7. The van der Waals surface area contributed by atoms with Gasteiger partial charge < -0.3 is 10.2 Å². The van der Waals surface area contributed by atoms with E-state index in [1.165, 1.54) is 0 Å². The molecule has 6 nitrogen and oxygen atoms in total. The molecule has 182 valence electrons. The van der Waals surface area contributed by atoms with Gasteiger partial charge in [-0.2, -0.15) is 0 Å². The van der Waals surface area contributed by atoms with Gasteiger partial charge in [0, 0.05) is 17.1 Å². The van der Waals surface area contributed by atoms with Gasteiger partial charge in [-0.15, -0.1) is 0 Å². The van der Waals surface area contributed by atoms with Crippen molar-refractivity contribution in [3.8, 4) is 5.69 Å². The molecule has 0 bridgehead atoms. The van der Waals surface area contributed by atoms with Crippen molar-refractivity contribution in [2.75, 3.05) is 6.54 Å². The van der Waals surface area contributed by atoms with Gasteiger partial charge >= 0.3 is 6.03 Å². The highest BCUT2D eigenvalue weighted by atomic mass is 35.5.